The van der Waals surface area contributed by atoms with E-state index in [1.807, 2.05) is 6.92 Å². The Labute approximate surface area is 98.9 Å². The van der Waals surface area contributed by atoms with Crippen molar-refractivity contribution in [2.24, 2.45) is 0 Å². The van der Waals surface area contributed by atoms with Crippen LogP contribution < -0.4 is 10.5 Å². The molecule has 17 heavy (non-hydrogen) atoms. The van der Waals surface area contributed by atoms with Crippen molar-refractivity contribution in [2.45, 2.75) is 11.8 Å². The Kier molecular flexibility index (Phi) is 2.76. The molecule has 1 heterocycles. The van der Waals surface area contributed by atoms with Gasteiger partial charge in [-0.1, -0.05) is 6.07 Å². The number of nitrogens with one attached hydrogen (secondary N) is 2. The van der Waals surface area contributed by atoms with Crippen LogP contribution in [-0.2, 0) is 10.0 Å². The predicted octanol–water partition coefficient (Wildman–Crippen LogP) is 1.10. The predicted molar refractivity (Wildman–Crippen MR) is 65.0 cm³/mol. The van der Waals surface area contributed by atoms with Crippen LogP contribution >= 0.6 is 0 Å². The van der Waals surface area contributed by atoms with Crippen molar-refractivity contribution in [2.75, 3.05) is 10.5 Å². The van der Waals surface area contributed by atoms with Gasteiger partial charge in [0.05, 0.1) is 17.6 Å². The Morgan fingerprint density at radius 3 is 2.76 bits per heavy atom. The molecule has 0 radical (unpaired) electrons. The fourth-order valence-electron chi connectivity index (χ4n) is 1.36. The number of hydrogen-bond acceptors (Lipinski definition) is 4. The van der Waals surface area contributed by atoms with Crippen LogP contribution in [0.5, 0.6) is 0 Å². The van der Waals surface area contributed by atoms with Crippen molar-refractivity contribution in [1.29, 1.82) is 0 Å². The lowest BCUT2D eigenvalue weighted by molar-refractivity contribution is 0.601. The molecule has 6 nitrogen and oxygen atoms in total. The zero-order valence-electron chi connectivity index (χ0n) is 9.14. The van der Waals surface area contributed by atoms with E-state index < -0.39 is 10.0 Å². The summed E-state index contributed by atoms with van der Waals surface area (Å²) >= 11 is 0. The maximum absolute atomic E-state index is 11.9. The first-order valence-corrected chi connectivity index (χ1v) is 6.35. The quantitative estimate of drug-likeness (QED) is 0.712. The average molecular weight is 252 g/mol. The van der Waals surface area contributed by atoms with Crippen LogP contribution in [-0.4, -0.2) is 18.6 Å². The highest BCUT2D eigenvalue weighted by Gasteiger charge is 2.16. The van der Waals surface area contributed by atoms with Crippen LogP contribution in [0.2, 0.25) is 0 Å². The average Bonchev–Trinajstić information content (AvgIpc) is 2.76. The molecule has 0 bridgehead atoms. The Bertz CT molecular complexity index is 620. The molecule has 0 unspecified atom stereocenters. The number of nitrogens with zero attached hydrogens (tertiary/aromatic N) is 1. The zero-order valence-corrected chi connectivity index (χ0v) is 9.95. The SMILES string of the molecule is Cc1ccc(NS(=O)(=O)c2cn[nH]c2)c(N)c1. The second-order valence-electron chi connectivity index (χ2n) is 3.63. The second-order valence-corrected chi connectivity index (χ2v) is 5.31. The lowest BCUT2D eigenvalue weighted by Crippen LogP contribution is -2.13. The molecular formula is C10H12N4O2S. The van der Waals surface area contributed by atoms with Gasteiger partial charge in [-0.2, -0.15) is 5.10 Å². The molecule has 0 fully saturated rings. The summed E-state index contributed by atoms with van der Waals surface area (Å²) in [6.45, 7) is 1.88. The molecule has 2 rings (SSSR count). The zero-order chi connectivity index (χ0) is 12.5. The smallest absolute Gasteiger partial charge is 0.265 e. The molecule has 2 aromatic rings. The molecule has 0 spiro atoms. The number of aryl methyl sites for hydroxylation is 1. The number of hydrogen-bond donors (Lipinski definition) is 3. The first-order valence-electron chi connectivity index (χ1n) is 4.87. The number of anilines is 2. The van der Waals surface area contributed by atoms with Gasteiger partial charge in [-0.3, -0.25) is 9.82 Å². The summed E-state index contributed by atoms with van der Waals surface area (Å²) in [4.78, 5) is 0.0671. The Hall–Kier alpha value is -2.02. The number of nitrogen functional groups attached to an aromatic ring is 1. The van der Waals surface area contributed by atoms with E-state index >= 15 is 0 Å². The van der Waals surface area contributed by atoms with Crippen LogP contribution in [0.15, 0.2) is 35.5 Å². The van der Waals surface area contributed by atoms with Crippen molar-refractivity contribution < 1.29 is 8.42 Å². The van der Waals surface area contributed by atoms with E-state index in [9.17, 15) is 8.42 Å². The first kappa shape index (κ1) is 11.5. The number of benzene rings is 1. The number of aromatic nitrogens is 2. The van der Waals surface area contributed by atoms with Crippen LogP contribution in [0.25, 0.3) is 0 Å². The van der Waals surface area contributed by atoms with Gasteiger partial charge in [-0.15, -0.1) is 0 Å². The first-order chi connectivity index (χ1) is 7.99. The molecule has 0 aliphatic carbocycles. The Balaban J connectivity index is 2.33. The third-order valence-corrected chi connectivity index (χ3v) is 3.57. The minimum Gasteiger partial charge on any atom is -0.397 e. The fraction of sp³-hybridized carbons (Fsp3) is 0.100. The highest BCUT2D eigenvalue weighted by molar-refractivity contribution is 7.92. The highest BCUT2D eigenvalue weighted by Crippen LogP contribution is 2.22. The van der Waals surface area contributed by atoms with Crippen molar-refractivity contribution in [3.63, 3.8) is 0 Å². The topological polar surface area (TPSA) is 101 Å². The molecule has 1 aromatic heterocycles. The van der Waals surface area contributed by atoms with Gasteiger partial charge >= 0.3 is 0 Å². The largest absolute Gasteiger partial charge is 0.397 e. The van der Waals surface area contributed by atoms with Gasteiger partial charge in [0.25, 0.3) is 10.0 Å². The number of nitrogens with two attached hydrogens (primary N) is 1. The second kappa shape index (κ2) is 4.10. The Morgan fingerprint density at radius 2 is 2.18 bits per heavy atom. The maximum Gasteiger partial charge on any atom is 0.265 e. The van der Waals surface area contributed by atoms with E-state index in [2.05, 4.69) is 14.9 Å². The summed E-state index contributed by atoms with van der Waals surface area (Å²) in [6.07, 6.45) is 2.53. The van der Waals surface area contributed by atoms with Crippen LogP contribution in [0.4, 0.5) is 11.4 Å². The van der Waals surface area contributed by atoms with Crippen molar-refractivity contribution in [3.05, 3.63) is 36.2 Å². The van der Waals surface area contributed by atoms with Gasteiger partial charge in [0.1, 0.15) is 4.90 Å². The monoisotopic (exact) mass is 252 g/mol. The molecule has 0 saturated carbocycles. The van der Waals surface area contributed by atoms with E-state index in [4.69, 9.17) is 5.73 Å². The minimum absolute atomic E-state index is 0.0671. The summed E-state index contributed by atoms with van der Waals surface area (Å²) in [6, 6.07) is 5.11. The molecule has 0 amide bonds. The number of H-pyrrole nitrogens is 1. The minimum atomic E-state index is -3.63. The van der Waals surface area contributed by atoms with E-state index in [1.54, 1.807) is 18.2 Å². The van der Waals surface area contributed by atoms with Crippen LogP contribution in [0.3, 0.4) is 0 Å². The van der Waals surface area contributed by atoms with Crippen molar-refractivity contribution >= 4 is 21.4 Å². The fourth-order valence-corrected chi connectivity index (χ4v) is 2.36. The number of rotatable bonds is 3. The van der Waals surface area contributed by atoms with Gasteiger partial charge in [-0.05, 0) is 24.6 Å². The molecule has 0 aliphatic rings. The molecule has 0 atom stereocenters. The summed E-state index contributed by atoms with van der Waals surface area (Å²) in [5, 5.41) is 6.04. The third-order valence-electron chi connectivity index (χ3n) is 2.23. The van der Waals surface area contributed by atoms with Crippen molar-refractivity contribution in [1.82, 2.24) is 10.2 Å². The third kappa shape index (κ3) is 2.39. The standard InChI is InChI=1S/C10H12N4O2S/c1-7-2-3-10(9(11)4-7)14-17(15,16)8-5-12-13-6-8/h2-6,14H,11H2,1H3,(H,12,13). The summed E-state index contributed by atoms with van der Waals surface area (Å²) in [5.74, 6) is 0. The van der Waals surface area contributed by atoms with E-state index in [1.165, 1.54) is 12.4 Å². The molecule has 0 aliphatic heterocycles. The number of aromatic amines is 1. The number of sulfonamides is 1. The molecule has 0 saturated heterocycles. The summed E-state index contributed by atoms with van der Waals surface area (Å²) in [5.41, 5.74) is 7.44. The van der Waals surface area contributed by atoms with Crippen LogP contribution in [0, 0.1) is 6.92 Å². The summed E-state index contributed by atoms with van der Waals surface area (Å²) in [7, 11) is -3.63. The van der Waals surface area contributed by atoms with Gasteiger partial charge in [-0.25, -0.2) is 8.42 Å². The molecular weight excluding hydrogens is 240 g/mol. The van der Waals surface area contributed by atoms with Crippen molar-refractivity contribution in [3.8, 4) is 0 Å². The molecule has 7 heteroatoms. The van der Waals surface area contributed by atoms with E-state index in [0.717, 1.165) is 5.56 Å². The van der Waals surface area contributed by atoms with E-state index in [-0.39, 0.29) is 4.90 Å². The maximum atomic E-state index is 11.9. The van der Waals surface area contributed by atoms with Gasteiger partial charge in [0.2, 0.25) is 0 Å². The lowest BCUT2D eigenvalue weighted by Gasteiger charge is -2.09. The Morgan fingerprint density at radius 1 is 1.41 bits per heavy atom. The summed E-state index contributed by atoms with van der Waals surface area (Å²) < 4.78 is 26.1. The van der Waals surface area contributed by atoms with Gasteiger partial charge in [0, 0.05) is 6.20 Å². The normalized spacial score (nSPS) is 11.4. The molecule has 4 N–H and O–H groups in total. The molecule has 90 valence electrons. The lowest BCUT2D eigenvalue weighted by atomic mass is 10.2. The molecule has 1 aromatic carbocycles. The highest BCUT2D eigenvalue weighted by atomic mass is 32.2. The van der Waals surface area contributed by atoms with Gasteiger partial charge < -0.3 is 5.73 Å². The van der Waals surface area contributed by atoms with Crippen LogP contribution in [0.1, 0.15) is 5.56 Å². The van der Waals surface area contributed by atoms with Gasteiger partial charge in [0.15, 0.2) is 0 Å². The van der Waals surface area contributed by atoms with E-state index in [0.29, 0.717) is 11.4 Å².